The molecular formula is C23H25N3O2. The molecule has 0 bridgehead atoms. The molecule has 0 aliphatic heterocycles. The van der Waals surface area contributed by atoms with E-state index in [1.807, 2.05) is 37.4 Å². The lowest BCUT2D eigenvalue weighted by molar-refractivity contribution is 0.596. The molecule has 5 nitrogen and oxygen atoms in total. The monoisotopic (exact) mass is 375 g/mol. The van der Waals surface area contributed by atoms with E-state index < -0.39 is 5.69 Å². The van der Waals surface area contributed by atoms with Crippen LogP contribution in [0.4, 0.5) is 0 Å². The van der Waals surface area contributed by atoms with E-state index in [4.69, 9.17) is 0 Å². The van der Waals surface area contributed by atoms with Crippen molar-refractivity contribution in [3.8, 4) is 0 Å². The van der Waals surface area contributed by atoms with Crippen molar-refractivity contribution in [3.63, 3.8) is 0 Å². The Morgan fingerprint density at radius 3 is 2.54 bits per heavy atom. The summed E-state index contributed by atoms with van der Waals surface area (Å²) in [6.07, 6.45) is 9.77. The minimum Gasteiger partial charge on any atom is -0.356 e. The molecule has 0 spiro atoms. The SMILES string of the molecule is Cc1cn(C)cc1C1=CCC(c2[nH]c(=O)[nH]c(=O)c2Cc2ccccc2)CC1. The molecule has 2 N–H and O–H groups in total. The molecule has 0 fully saturated rings. The Balaban J connectivity index is 1.65. The van der Waals surface area contributed by atoms with E-state index in [1.54, 1.807) is 0 Å². The molecular weight excluding hydrogens is 350 g/mol. The first-order valence-corrected chi connectivity index (χ1v) is 9.72. The molecule has 0 amide bonds. The standard InChI is InChI=1S/C23H25N3O2/c1-15-13-26(2)14-20(15)17-8-10-18(11-9-17)21-19(22(27)25-23(28)24-21)12-16-6-4-3-5-7-16/h3-8,13-14,18H,9-12H2,1-2H3,(H2,24,25,27,28). The summed E-state index contributed by atoms with van der Waals surface area (Å²) in [6.45, 7) is 2.13. The van der Waals surface area contributed by atoms with Gasteiger partial charge >= 0.3 is 5.69 Å². The van der Waals surface area contributed by atoms with Crippen molar-refractivity contribution in [2.75, 3.05) is 0 Å². The predicted molar refractivity (Wildman–Crippen MR) is 112 cm³/mol. The van der Waals surface area contributed by atoms with Gasteiger partial charge in [-0.2, -0.15) is 0 Å². The number of aromatic nitrogens is 3. The number of aryl methyl sites for hydroxylation is 2. The minimum atomic E-state index is -0.425. The number of H-pyrrole nitrogens is 2. The van der Waals surface area contributed by atoms with E-state index in [9.17, 15) is 9.59 Å². The summed E-state index contributed by atoms with van der Waals surface area (Å²) in [5, 5.41) is 0. The second-order valence-corrected chi connectivity index (χ2v) is 7.68. The van der Waals surface area contributed by atoms with Crippen molar-refractivity contribution < 1.29 is 0 Å². The number of allylic oxidation sites excluding steroid dienone is 2. The normalized spacial score (nSPS) is 16.8. The zero-order valence-electron chi connectivity index (χ0n) is 16.3. The number of hydrogen-bond donors (Lipinski definition) is 2. The lowest BCUT2D eigenvalue weighted by Gasteiger charge is -2.24. The van der Waals surface area contributed by atoms with Crippen LogP contribution in [0, 0.1) is 6.92 Å². The number of nitrogens with zero attached hydrogens (tertiary/aromatic N) is 1. The van der Waals surface area contributed by atoms with Crippen LogP contribution in [0.1, 0.15) is 53.1 Å². The summed E-state index contributed by atoms with van der Waals surface area (Å²) in [5.41, 5.74) is 5.74. The molecule has 5 heteroatoms. The van der Waals surface area contributed by atoms with Crippen molar-refractivity contribution in [1.29, 1.82) is 0 Å². The minimum absolute atomic E-state index is 0.154. The summed E-state index contributed by atoms with van der Waals surface area (Å²) in [4.78, 5) is 29.8. The van der Waals surface area contributed by atoms with Crippen LogP contribution in [0.25, 0.3) is 5.57 Å². The number of nitrogens with one attached hydrogen (secondary N) is 2. The Kier molecular flexibility index (Phi) is 4.90. The highest BCUT2D eigenvalue weighted by molar-refractivity contribution is 5.68. The second kappa shape index (κ2) is 7.50. The molecule has 0 saturated carbocycles. The van der Waals surface area contributed by atoms with Gasteiger partial charge in [-0.05, 0) is 48.4 Å². The molecule has 1 aliphatic rings. The molecule has 3 aromatic rings. The number of hydrogen-bond acceptors (Lipinski definition) is 2. The van der Waals surface area contributed by atoms with Crippen LogP contribution in [0.3, 0.4) is 0 Å². The third-order valence-electron chi connectivity index (χ3n) is 5.62. The molecule has 28 heavy (non-hydrogen) atoms. The predicted octanol–water partition coefficient (Wildman–Crippen LogP) is 3.65. The van der Waals surface area contributed by atoms with E-state index in [-0.39, 0.29) is 11.5 Å². The van der Waals surface area contributed by atoms with Gasteiger partial charge in [-0.3, -0.25) is 9.78 Å². The van der Waals surface area contributed by atoms with Crippen molar-refractivity contribution in [3.05, 3.63) is 97.6 Å². The van der Waals surface area contributed by atoms with Gasteiger partial charge in [0, 0.05) is 43.0 Å². The molecule has 0 saturated heterocycles. The van der Waals surface area contributed by atoms with E-state index in [1.165, 1.54) is 16.7 Å². The lowest BCUT2D eigenvalue weighted by Crippen LogP contribution is -2.30. The zero-order valence-corrected chi connectivity index (χ0v) is 16.3. The molecule has 1 aliphatic carbocycles. The summed E-state index contributed by atoms with van der Waals surface area (Å²) in [5.74, 6) is 0.154. The van der Waals surface area contributed by atoms with E-state index in [0.29, 0.717) is 12.0 Å². The van der Waals surface area contributed by atoms with Crippen molar-refractivity contribution in [1.82, 2.24) is 14.5 Å². The first-order chi connectivity index (χ1) is 13.5. The molecule has 1 atom stereocenters. The van der Waals surface area contributed by atoms with Crippen LogP contribution in [0.15, 0.2) is 58.4 Å². The van der Waals surface area contributed by atoms with Crippen LogP contribution < -0.4 is 11.2 Å². The van der Waals surface area contributed by atoms with Gasteiger partial charge < -0.3 is 9.55 Å². The third-order valence-corrected chi connectivity index (χ3v) is 5.62. The van der Waals surface area contributed by atoms with Gasteiger partial charge in [0.25, 0.3) is 5.56 Å². The Morgan fingerprint density at radius 2 is 1.89 bits per heavy atom. The third kappa shape index (κ3) is 3.65. The van der Waals surface area contributed by atoms with Crippen LogP contribution in [0.5, 0.6) is 0 Å². The van der Waals surface area contributed by atoms with Gasteiger partial charge in [0.1, 0.15) is 0 Å². The van der Waals surface area contributed by atoms with Gasteiger partial charge in [0.05, 0.1) is 0 Å². The number of rotatable bonds is 4. The van der Waals surface area contributed by atoms with Gasteiger partial charge in [-0.1, -0.05) is 36.4 Å². The molecule has 2 heterocycles. The fraction of sp³-hybridized carbons (Fsp3) is 0.304. The van der Waals surface area contributed by atoms with Crippen molar-refractivity contribution >= 4 is 5.57 Å². The summed E-state index contributed by atoms with van der Waals surface area (Å²) < 4.78 is 2.09. The smallest absolute Gasteiger partial charge is 0.325 e. The summed E-state index contributed by atoms with van der Waals surface area (Å²) in [6, 6.07) is 9.90. The second-order valence-electron chi connectivity index (χ2n) is 7.68. The topological polar surface area (TPSA) is 70.7 Å². The Hall–Kier alpha value is -3.08. The van der Waals surface area contributed by atoms with Crippen LogP contribution in [0.2, 0.25) is 0 Å². The van der Waals surface area contributed by atoms with Crippen molar-refractivity contribution in [2.45, 2.75) is 38.5 Å². The molecule has 2 aromatic heterocycles. The Labute approximate surface area is 163 Å². The van der Waals surface area contributed by atoms with Gasteiger partial charge in [0.2, 0.25) is 0 Å². The highest BCUT2D eigenvalue weighted by atomic mass is 16.2. The first kappa shape index (κ1) is 18.3. The molecule has 4 rings (SSSR count). The average Bonchev–Trinajstić information content (AvgIpc) is 3.03. The first-order valence-electron chi connectivity index (χ1n) is 9.72. The maximum Gasteiger partial charge on any atom is 0.325 e. The maximum absolute atomic E-state index is 12.5. The number of benzene rings is 1. The maximum atomic E-state index is 12.5. The fourth-order valence-corrected chi connectivity index (χ4v) is 4.25. The molecule has 1 unspecified atom stereocenters. The number of aromatic amines is 2. The molecule has 0 radical (unpaired) electrons. The lowest BCUT2D eigenvalue weighted by atomic mass is 9.83. The highest BCUT2D eigenvalue weighted by Crippen LogP contribution is 2.37. The van der Waals surface area contributed by atoms with Crippen molar-refractivity contribution in [2.24, 2.45) is 7.05 Å². The van der Waals surface area contributed by atoms with Gasteiger partial charge in [-0.25, -0.2) is 4.79 Å². The summed E-state index contributed by atoms with van der Waals surface area (Å²) >= 11 is 0. The van der Waals surface area contributed by atoms with E-state index in [2.05, 4.69) is 39.9 Å². The Bertz CT molecular complexity index is 1130. The summed E-state index contributed by atoms with van der Waals surface area (Å²) in [7, 11) is 2.04. The van der Waals surface area contributed by atoms with Crippen LogP contribution >= 0.6 is 0 Å². The Morgan fingerprint density at radius 1 is 1.11 bits per heavy atom. The highest BCUT2D eigenvalue weighted by Gasteiger charge is 2.23. The van der Waals surface area contributed by atoms with Crippen LogP contribution in [-0.4, -0.2) is 14.5 Å². The van der Waals surface area contributed by atoms with E-state index in [0.717, 1.165) is 30.5 Å². The van der Waals surface area contributed by atoms with E-state index >= 15 is 0 Å². The molecule has 144 valence electrons. The largest absolute Gasteiger partial charge is 0.356 e. The quantitative estimate of drug-likeness (QED) is 0.731. The fourth-order valence-electron chi connectivity index (χ4n) is 4.25. The molecule has 1 aromatic carbocycles. The van der Waals surface area contributed by atoms with Gasteiger partial charge in [-0.15, -0.1) is 0 Å². The zero-order chi connectivity index (χ0) is 19.7. The van der Waals surface area contributed by atoms with Gasteiger partial charge in [0.15, 0.2) is 0 Å². The van der Waals surface area contributed by atoms with Crippen LogP contribution in [-0.2, 0) is 13.5 Å². The average molecular weight is 375 g/mol.